The fraction of sp³-hybridized carbons (Fsp3) is 0.533. The van der Waals surface area contributed by atoms with E-state index in [0.717, 1.165) is 11.3 Å². The summed E-state index contributed by atoms with van der Waals surface area (Å²) < 4.78 is 28.1. The third-order valence-electron chi connectivity index (χ3n) is 3.29. The summed E-state index contributed by atoms with van der Waals surface area (Å²) >= 11 is 0. The second-order valence-corrected chi connectivity index (χ2v) is 7.39. The summed E-state index contributed by atoms with van der Waals surface area (Å²) in [5.41, 5.74) is 1.12. The maximum atomic E-state index is 11.5. The average Bonchev–Trinajstić information content (AvgIpc) is 2.52. The van der Waals surface area contributed by atoms with Gasteiger partial charge in [-0.1, -0.05) is 19.1 Å². The first kappa shape index (κ1) is 18.3. The molecule has 22 heavy (non-hydrogen) atoms. The number of rotatable bonds is 7. The predicted molar refractivity (Wildman–Crippen MR) is 90.2 cm³/mol. The Morgan fingerprint density at radius 1 is 1.32 bits per heavy atom. The number of methoxy groups -OCH3 is 1. The Balaban J connectivity index is 2.55. The fourth-order valence-corrected chi connectivity index (χ4v) is 2.63. The van der Waals surface area contributed by atoms with Crippen molar-refractivity contribution in [2.45, 2.75) is 13.5 Å². The Morgan fingerprint density at radius 2 is 1.95 bits per heavy atom. The van der Waals surface area contributed by atoms with E-state index in [-0.39, 0.29) is 11.5 Å². The molecule has 1 rings (SSSR count). The molecule has 0 unspecified atom stereocenters. The lowest BCUT2D eigenvalue weighted by Gasteiger charge is -2.22. The van der Waals surface area contributed by atoms with Gasteiger partial charge in [0, 0.05) is 32.9 Å². The number of ether oxygens (including phenoxy) is 1. The molecule has 0 aromatic heterocycles. The third kappa shape index (κ3) is 5.93. The molecule has 7 heteroatoms. The Morgan fingerprint density at radius 3 is 2.45 bits per heavy atom. The highest BCUT2D eigenvalue weighted by Gasteiger charge is 2.10. The molecule has 0 atom stereocenters. The van der Waals surface area contributed by atoms with Gasteiger partial charge in [0.05, 0.1) is 12.9 Å². The van der Waals surface area contributed by atoms with Gasteiger partial charge >= 0.3 is 0 Å². The smallest absolute Gasteiger partial charge is 0.193 e. The van der Waals surface area contributed by atoms with E-state index in [0.29, 0.717) is 19.0 Å². The fourth-order valence-electron chi connectivity index (χ4n) is 1.93. The molecule has 0 amide bonds. The van der Waals surface area contributed by atoms with Gasteiger partial charge in [0.25, 0.3) is 0 Å². The van der Waals surface area contributed by atoms with Crippen molar-refractivity contribution in [1.29, 1.82) is 0 Å². The zero-order valence-corrected chi connectivity index (χ0v) is 14.5. The molecule has 0 spiro atoms. The first-order valence-electron chi connectivity index (χ1n) is 7.17. The summed E-state index contributed by atoms with van der Waals surface area (Å²) in [5, 5.41) is 3.07. The van der Waals surface area contributed by atoms with Crippen LogP contribution in [0.5, 0.6) is 5.75 Å². The van der Waals surface area contributed by atoms with Crippen molar-refractivity contribution in [3.63, 3.8) is 0 Å². The lowest BCUT2D eigenvalue weighted by molar-refractivity contribution is 0.414. The number of hydrogen-bond acceptors (Lipinski definition) is 4. The van der Waals surface area contributed by atoms with E-state index in [1.54, 1.807) is 21.1 Å². The van der Waals surface area contributed by atoms with E-state index >= 15 is 0 Å². The second-order valence-electron chi connectivity index (χ2n) is 4.91. The lowest BCUT2D eigenvalue weighted by atomic mass is 10.2. The van der Waals surface area contributed by atoms with Crippen LogP contribution in [0, 0.1) is 0 Å². The zero-order chi connectivity index (χ0) is 16.6. The minimum Gasteiger partial charge on any atom is -0.497 e. The van der Waals surface area contributed by atoms with E-state index in [1.807, 2.05) is 36.2 Å². The normalized spacial score (nSPS) is 12.1. The van der Waals surface area contributed by atoms with Crippen molar-refractivity contribution in [3.8, 4) is 5.75 Å². The van der Waals surface area contributed by atoms with Crippen molar-refractivity contribution in [1.82, 2.24) is 10.2 Å². The molecule has 1 aromatic rings. The molecule has 0 radical (unpaired) electrons. The van der Waals surface area contributed by atoms with Crippen LogP contribution in [0.3, 0.4) is 0 Å². The second kappa shape index (κ2) is 8.63. The van der Waals surface area contributed by atoms with Crippen LogP contribution < -0.4 is 10.1 Å². The van der Waals surface area contributed by atoms with Gasteiger partial charge in [-0.25, -0.2) is 8.42 Å². The van der Waals surface area contributed by atoms with Crippen molar-refractivity contribution in [2.24, 2.45) is 4.99 Å². The Bertz CT molecular complexity index is 583. The summed E-state index contributed by atoms with van der Waals surface area (Å²) in [6.45, 7) is 2.68. The largest absolute Gasteiger partial charge is 0.497 e. The number of nitrogens with one attached hydrogen (secondary N) is 1. The maximum absolute atomic E-state index is 11.5. The van der Waals surface area contributed by atoms with Gasteiger partial charge in [-0.2, -0.15) is 0 Å². The molecular weight excluding hydrogens is 302 g/mol. The summed E-state index contributed by atoms with van der Waals surface area (Å²) in [5.74, 6) is 1.76. The van der Waals surface area contributed by atoms with Gasteiger partial charge in [-0.15, -0.1) is 0 Å². The standard InChI is InChI=1S/C15H25N3O3S/c1-5-22(19,20)11-10-17-15(16-2)18(3)12-13-6-8-14(21-4)9-7-13/h6-9H,5,10-12H2,1-4H3,(H,16,17). The van der Waals surface area contributed by atoms with Gasteiger partial charge in [0.1, 0.15) is 5.75 Å². The third-order valence-corrected chi connectivity index (χ3v) is 4.99. The van der Waals surface area contributed by atoms with Gasteiger partial charge in [0.2, 0.25) is 0 Å². The van der Waals surface area contributed by atoms with E-state index in [1.165, 1.54) is 0 Å². The summed E-state index contributed by atoms with van der Waals surface area (Å²) in [6, 6.07) is 7.80. The number of guanidine groups is 1. The zero-order valence-electron chi connectivity index (χ0n) is 13.7. The first-order valence-corrected chi connectivity index (χ1v) is 8.99. The predicted octanol–water partition coefficient (Wildman–Crippen LogP) is 1.14. The van der Waals surface area contributed by atoms with Crippen LogP contribution >= 0.6 is 0 Å². The SMILES string of the molecule is CCS(=O)(=O)CCNC(=NC)N(C)Cc1ccc(OC)cc1. The molecule has 1 aromatic carbocycles. The molecule has 0 saturated carbocycles. The highest BCUT2D eigenvalue weighted by atomic mass is 32.2. The number of hydrogen-bond donors (Lipinski definition) is 1. The van der Waals surface area contributed by atoms with Crippen molar-refractivity contribution < 1.29 is 13.2 Å². The lowest BCUT2D eigenvalue weighted by Crippen LogP contribution is -2.40. The van der Waals surface area contributed by atoms with E-state index in [9.17, 15) is 8.42 Å². The Labute approximate surface area is 133 Å². The van der Waals surface area contributed by atoms with Gasteiger partial charge in [0.15, 0.2) is 15.8 Å². The first-order chi connectivity index (χ1) is 10.4. The van der Waals surface area contributed by atoms with Gasteiger partial charge < -0.3 is 15.0 Å². The van der Waals surface area contributed by atoms with E-state index in [2.05, 4.69) is 10.3 Å². The molecule has 0 aliphatic carbocycles. The minimum absolute atomic E-state index is 0.110. The molecule has 0 saturated heterocycles. The Hall–Kier alpha value is -1.76. The van der Waals surface area contributed by atoms with Crippen molar-refractivity contribution in [3.05, 3.63) is 29.8 Å². The van der Waals surface area contributed by atoms with Crippen molar-refractivity contribution >= 4 is 15.8 Å². The summed E-state index contributed by atoms with van der Waals surface area (Å²) in [7, 11) is 2.26. The summed E-state index contributed by atoms with van der Waals surface area (Å²) in [4.78, 5) is 6.12. The van der Waals surface area contributed by atoms with Gasteiger partial charge in [-0.3, -0.25) is 4.99 Å². The molecule has 6 nitrogen and oxygen atoms in total. The van der Waals surface area contributed by atoms with Crippen LogP contribution in [0.15, 0.2) is 29.3 Å². The van der Waals surface area contributed by atoms with E-state index < -0.39 is 9.84 Å². The van der Waals surface area contributed by atoms with Crippen molar-refractivity contribution in [2.75, 3.05) is 39.3 Å². The number of aliphatic imine (C=N–C) groups is 1. The minimum atomic E-state index is -2.97. The maximum Gasteiger partial charge on any atom is 0.193 e. The topological polar surface area (TPSA) is 71.0 Å². The molecule has 0 bridgehead atoms. The van der Waals surface area contributed by atoms with Gasteiger partial charge in [-0.05, 0) is 17.7 Å². The molecule has 0 aliphatic rings. The number of sulfone groups is 1. The van der Waals surface area contributed by atoms with Crippen LogP contribution in [0.4, 0.5) is 0 Å². The highest BCUT2D eigenvalue weighted by molar-refractivity contribution is 7.91. The molecule has 0 fully saturated rings. The molecular formula is C15H25N3O3S. The van der Waals surface area contributed by atoms with Crippen LogP contribution in [0.25, 0.3) is 0 Å². The molecule has 0 heterocycles. The highest BCUT2D eigenvalue weighted by Crippen LogP contribution is 2.12. The molecule has 0 aliphatic heterocycles. The number of nitrogens with zero attached hydrogens (tertiary/aromatic N) is 2. The number of benzene rings is 1. The summed E-state index contributed by atoms with van der Waals surface area (Å²) in [6.07, 6.45) is 0. The average molecular weight is 327 g/mol. The van der Waals surface area contributed by atoms with E-state index in [4.69, 9.17) is 4.74 Å². The quantitative estimate of drug-likeness (QED) is 0.601. The van der Waals surface area contributed by atoms with Crippen LogP contribution in [-0.2, 0) is 16.4 Å². The Kier molecular flexibility index (Phi) is 7.17. The van der Waals surface area contributed by atoms with Crippen LogP contribution in [0.2, 0.25) is 0 Å². The molecule has 1 N–H and O–H groups in total. The van der Waals surface area contributed by atoms with Crippen LogP contribution in [0.1, 0.15) is 12.5 Å². The molecule has 124 valence electrons. The monoisotopic (exact) mass is 327 g/mol. The van der Waals surface area contributed by atoms with Crippen LogP contribution in [-0.4, -0.2) is 58.5 Å².